The van der Waals surface area contributed by atoms with Gasteiger partial charge in [-0.2, -0.15) is 32.5 Å². The molecule has 1 unspecified atom stereocenters. The second-order valence-electron chi connectivity index (χ2n) is 8.39. The Hall–Kier alpha value is -3.40. The number of nitriles is 2. The minimum absolute atomic E-state index is 0.00458. The maximum absolute atomic E-state index is 14.8. The van der Waals surface area contributed by atoms with Gasteiger partial charge in [0, 0.05) is 25.6 Å². The van der Waals surface area contributed by atoms with Crippen molar-refractivity contribution in [1.82, 2.24) is 0 Å². The fraction of sp³-hybridized carbons (Fsp3) is 0.154. The van der Waals surface area contributed by atoms with Crippen LogP contribution in [0.5, 0.6) is 0 Å². The number of benzene rings is 3. The first-order valence-corrected chi connectivity index (χ1v) is 13.3. The Labute approximate surface area is 253 Å². The predicted octanol–water partition coefficient (Wildman–Crippen LogP) is 8.48. The molecule has 3 aromatic rings. The molecule has 212 valence electrons. The topological polar surface area (TPSA) is 106 Å². The number of amides is 2. The number of rotatable bonds is 6. The summed E-state index contributed by atoms with van der Waals surface area (Å²) in [7, 11) is 0. The smallest absolute Gasteiger partial charge is 0.321 e. The Bertz CT molecular complexity index is 1610. The zero-order chi connectivity index (χ0) is 30.9. The van der Waals surface area contributed by atoms with Gasteiger partial charge in [-0.15, -0.1) is 0 Å². The number of anilines is 2. The first kappa shape index (κ1) is 32.1. The third-order valence-electron chi connectivity index (χ3n) is 5.71. The van der Waals surface area contributed by atoms with E-state index in [1.54, 1.807) is 6.92 Å². The molecule has 0 saturated carbocycles. The van der Waals surface area contributed by atoms with Crippen LogP contribution in [0.15, 0.2) is 57.5 Å². The number of aryl methyl sites for hydroxylation is 1. The second-order valence-corrected chi connectivity index (χ2v) is 11.1. The van der Waals surface area contributed by atoms with Crippen molar-refractivity contribution in [3.8, 4) is 12.1 Å². The second kappa shape index (κ2) is 11.8. The molecule has 1 atom stereocenters. The van der Waals surface area contributed by atoms with Crippen LogP contribution in [0.4, 0.5) is 37.7 Å². The molecule has 3 aromatic carbocycles. The summed E-state index contributed by atoms with van der Waals surface area (Å²) >= 11 is 7.24. The molecule has 2 N–H and O–H groups in total. The molecule has 15 heteroatoms. The number of hydrogen-bond acceptors (Lipinski definition) is 4. The maximum atomic E-state index is 14.8. The van der Waals surface area contributed by atoms with E-state index >= 15 is 0 Å². The fourth-order valence-electron chi connectivity index (χ4n) is 3.63. The lowest BCUT2D eigenvalue weighted by atomic mass is 9.95. The standard InChI is InChI=1S/C26H13Br3F6N4O2/c1-12-6-13(10-36)2-5-17(12)23(41)38-20-7-14(3-4-15(20)11-37)22(40)39-21-18(27)8-16(9-19(21)28)24(30,25(29,31)32)26(33,34)35/h2-9H,1H3,(H,38,41)(H,39,40). The number of alkyl halides is 7. The van der Waals surface area contributed by atoms with Gasteiger partial charge in [0.2, 0.25) is 0 Å². The number of carbonyl (C=O) groups is 2. The summed E-state index contributed by atoms with van der Waals surface area (Å²) in [6, 6.07) is 12.7. The normalized spacial score (nSPS) is 13.0. The van der Waals surface area contributed by atoms with Gasteiger partial charge >= 0.3 is 16.7 Å². The SMILES string of the molecule is Cc1cc(C#N)ccc1C(=O)Nc1cc(C(=O)Nc2c(Br)cc(C(F)(C(F)(F)F)C(F)(F)Br)cc2Br)ccc1C#N. The van der Waals surface area contributed by atoms with Crippen LogP contribution >= 0.6 is 47.8 Å². The van der Waals surface area contributed by atoms with Crippen LogP contribution < -0.4 is 10.6 Å². The summed E-state index contributed by atoms with van der Waals surface area (Å²) in [5.41, 5.74) is -5.93. The molecule has 0 heterocycles. The molecule has 6 nitrogen and oxygen atoms in total. The van der Waals surface area contributed by atoms with E-state index in [9.17, 15) is 41.2 Å². The monoisotopic (exact) mass is 764 g/mol. The molecule has 0 aliphatic carbocycles. The molecule has 0 aromatic heterocycles. The van der Waals surface area contributed by atoms with Crippen molar-refractivity contribution in [2.45, 2.75) is 23.6 Å². The number of carbonyl (C=O) groups excluding carboxylic acids is 2. The van der Waals surface area contributed by atoms with E-state index in [4.69, 9.17) is 5.26 Å². The lowest BCUT2D eigenvalue weighted by Crippen LogP contribution is -2.49. The van der Waals surface area contributed by atoms with Gasteiger partial charge in [0.15, 0.2) is 0 Å². The van der Waals surface area contributed by atoms with Crippen molar-refractivity contribution >= 4 is 71.0 Å². The van der Waals surface area contributed by atoms with Crippen molar-refractivity contribution in [3.63, 3.8) is 0 Å². The molecule has 0 bridgehead atoms. The fourth-order valence-corrected chi connectivity index (χ4v) is 5.47. The highest BCUT2D eigenvalue weighted by Crippen LogP contribution is 2.56. The van der Waals surface area contributed by atoms with Crippen molar-refractivity contribution in [2.24, 2.45) is 0 Å². The largest absolute Gasteiger partial charge is 0.433 e. The minimum atomic E-state index is -6.01. The van der Waals surface area contributed by atoms with Crippen molar-refractivity contribution in [2.75, 3.05) is 10.6 Å². The van der Waals surface area contributed by atoms with E-state index in [1.165, 1.54) is 52.3 Å². The average molecular weight is 767 g/mol. The van der Waals surface area contributed by atoms with Crippen molar-refractivity contribution in [3.05, 3.63) is 90.9 Å². The molecular weight excluding hydrogens is 754 g/mol. The quantitative estimate of drug-likeness (QED) is 0.194. The van der Waals surface area contributed by atoms with Gasteiger partial charge in [-0.05, 0) is 109 Å². The van der Waals surface area contributed by atoms with Crippen LogP contribution in [0, 0.1) is 29.6 Å². The summed E-state index contributed by atoms with van der Waals surface area (Å²) < 4.78 is 81.8. The first-order valence-electron chi connectivity index (χ1n) is 10.9. The molecule has 0 aliphatic rings. The lowest BCUT2D eigenvalue weighted by Gasteiger charge is -2.32. The first-order chi connectivity index (χ1) is 18.9. The molecule has 0 saturated heterocycles. The molecule has 0 radical (unpaired) electrons. The molecule has 2 amide bonds. The third-order valence-corrected chi connectivity index (χ3v) is 7.51. The van der Waals surface area contributed by atoms with Crippen LogP contribution in [-0.4, -0.2) is 22.8 Å². The summed E-state index contributed by atoms with van der Waals surface area (Å²) in [6.07, 6.45) is -6.01. The van der Waals surface area contributed by atoms with Gasteiger partial charge in [0.05, 0.1) is 28.6 Å². The van der Waals surface area contributed by atoms with E-state index in [0.29, 0.717) is 23.3 Å². The number of nitrogens with one attached hydrogen (secondary N) is 2. The van der Waals surface area contributed by atoms with Crippen molar-refractivity contribution < 1.29 is 35.9 Å². The molecule has 41 heavy (non-hydrogen) atoms. The zero-order valence-corrected chi connectivity index (χ0v) is 25.0. The predicted molar refractivity (Wildman–Crippen MR) is 148 cm³/mol. The van der Waals surface area contributed by atoms with E-state index < -0.39 is 34.1 Å². The molecule has 0 fully saturated rings. The van der Waals surface area contributed by atoms with Crippen LogP contribution in [0.1, 0.15) is 43.0 Å². The highest BCUT2D eigenvalue weighted by molar-refractivity contribution is 9.11. The molecule has 3 rings (SSSR count). The van der Waals surface area contributed by atoms with Crippen LogP contribution in [-0.2, 0) is 5.67 Å². The van der Waals surface area contributed by atoms with Gasteiger partial charge in [0.1, 0.15) is 6.07 Å². The summed E-state index contributed by atoms with van der Waals surface area (Å²) in [5.74, 6) is -1.51. The minimum Gasteiger partial charge on any atom is -0.321 e. The highest BCUT2D eigenvalue weighted by Gasteiger charge is 2.71. The lowest BCUT2D eigenvalue weighted by molar-refractivity contribution is -0.282. The van der Waals surface area contributed by atoms with Gasteiger partial charge in [-0.1, -0.05) is 0 Å². The van der Waals surface area contributed by atoms with Gasteiger partial charge in [0.25, 0.3) is 11.8 Å². The Morgan fingerprint density at radius 3 is 1.93 bits per heavy atom. The Kier molecular flexibility index (Phi) is 9.27. The molecular formula is C26H13Br3F6N4O2. The van der Waals surface area contributed by atoms with Crippen LogP contribution in [0.2, 0.25) is 0 Å². The number of hydrogen-bond donors (Lipinski definition) is 2. The van der Waals surface area contributed by atoms with E-state index in [1.807, 2.05) is 12.1 Å². The maximum Gasteiger partial charge on any atom is 0.433 e. The Balaban J connectivity index is 1.94. The van der Waals surface area contributed by atoms with Crippen molar-refractivity contribution in [1.29, 1.82) is 10.5 Å². The van der Waals surface area contributed by atoms with E-state index in [-0.39, 0.29) is 37.0 Å². The molecule has 0 spiro atoms. The summed E-state index contributed by atoms with van der Waals surface area (Å²) in [5, 5.41) is 23.3. The highest BCUT2D eigenvalue weighted by atomic mass is 79.9. The molecule has 0 aliphatic heterocycles. The Morgan fingerprint density at radius 2 is 1.44 bits per heavy atom. The van der Waals surface area contributed by atoms with Gasteiger partial charge in [-0.3, -0.25) is 9.59 Å². The Morgan fingerprint density at radius 1 is 0.829 bits per heavy atom. The third kappa shape index (κ3) is 6.42. The van der Waals surface area contributed by atoms with Gasteiger partial charge in [-0.25, -0.2) is 4.39 Å². The number of halogens is 9. The number of nitrogens with zero attached hydrogens (tertiary/aromatic N) is 2. The van der Waals surface area contributed by atoms with Gasteiger partial charge < -0.3 is 10.6 Å². The summed E-state index contributed by atoms with van der Waals surface area (Å²) in [6.45, 7) is 1.60. The average Bonchev–Trinajstić information content (AvgIpc) is 2.88. The van der Waals surface area contributed by atoms with Crippen LogP contribution in [0.3, 0.4) is 0 Å². The van der Waals surface area contributed by atoms with E-state index in [0.717, 1.165) is 0 Å². The summed E-state index contributed by atoms with van der Waals surface area (Å²) in [4.78, 5) is 20.8. The van der Waals surface area contributed by atoms with Crippen LogP contribution in [0.25, 0.3) is 0 Å². The zero-order valence-electron chi connectivity index (χ0n) is 20.2. The van der Waals surface area contributed by atoms with E-state index in [2.05, 4.69) is 42.5 Å².